The molecule has 0 aliphatic heterocycles. The summed E-state index contributed by atoms with van der Waals surface area (Å²) in [5.74, 6) is 0.655. The average molecular weight is 308 g/mol. The summed E-state index contributed by atoms with van der Waals surface area (Å²) in [6.07, 6.45) is 6.05. The Morgan fingerprint density at radius 1 is 1.10 bits per heavy atom. The second kappa shape index (κ2) is 5.68. The van der Waals surface area contributed by atoms with E-state index in [4.69, 9.17) is 28.9 Å². The summed E-state index contributed by atoms with van der Waals surface area (Å²) in [7, 11) is 0. The van der Waals surface area contributed by atoms with E-state index >= 15 is 0 Å². The SMILES string of the molecule is NC1CCCCc2nc(-c3cc(Cl)cc(Cl)c3)ncc21. The van der Waals surface area contributed by atoms with Crippen molar-refractivity contribution in [3.05, 3.63) is 45.7 Å². The molecule has 0 radical (unpaired) electrons. The van der Waals surface area contributed by atoms with Crippen LogP contribution in [-0.4, -0.2) is 9.97 Å². The lowest BCUT2D eigenvalue weighted by Crippen LogP contribution is -2.12. The summed E-state index contributed by atoms with van der Waals surface area (Å²) in [6.45, 7) is 0. The number of halogens is 2. The molecular weight excluding hydrogens is 293 g/mol. The van der Waals surface area contributed by atoms with Crippen LogP contribution in [0.15, 0.2) is 24.4 Å². The van der Waals surface area contributed by atoms with E-state index in [2.05, 4.69) is 9.97 Å². The number of benzene rings is 1. The number of rotatable bonds is 1. The van der Waals surface area contributed by atoms with Crippen LogP contribution in [0.3, 0.4) is 0 Å². The molecule has 2 aromatic rings. The zero-order valence-corrected chi connectivity index (χ0v) is 12.5. The van der Waals surface area contributed by atoms with Gasteiger partial charge in [0.05, 0.1) is 0 Å². The lowest BCUT2D eigenvalue weighted by molar-refractivity contribution is 0.614. The topological polar surface area (TPSA) is 51.8 Å². The fraction of sp³-hybridized carbons (Fsp3) is 0.333. The molecule has 1 aromatic heterocycles. The van der Waals surface area contributed by atoms with Crippen LogP contribution in [0.2, 0.25) is 10.0 Å². The number of hydrogen-bond donors (Lipinski definition) is 1. The molecule has 1 aromatic carbocycles. The van der Waals surface area contributed by atoms with E-state index in [-0.39, 0.29) is 6.04 Å². The van der Waals surface area contributed by atoms with Crippen molar-refractivity contribution < 1.29 is 0 Å². The Morgan fingerprint density at radius 2 is 1.85 bits per heavy atom. The van der Waals surface area contributed by atoms with Gasteiger partial charge in [0.1, 0.15) is 0 Å². The Bertz CT molecular complexity index is 623. The highest BCUT2D eigenvalue weighted by Crippen LogP contribution is 2.29. The highest BCUT2D eigenvalue weighted by molar-refractivity contribution is 6.35. The maximum absolute atomic E-state index is 6.16. The van der Waals surface area contributed by atoms with Gasteiger partial charge in [-0.05, 0) is 37.5 Å². The highest BCUT2D eigenvalue weighted by atomic mass is 35.5. The average Bonchev–Trinajstić information content (AvgIpc) is 2.59. The first-order valence-electron chi connectivity index (χ1n) is 6.71. The van der Waals surface area contributed by atoms with Gasteiger partial charge in [0.25, 0.3) is 0 Å². The van der Waals surface area contributed by atoms with Crippen LogP contribution in [-0.2, 0) is 6.42 Å². The van der Waals surface area contributed by atoms with E-state index in [1.807, 2.05) is 18.3 Å². The molecule has 20 heavy (non-hydrogen) atoms. The van der Waals surface area contributed by atoms with Gasteiger partial charge in [-0.15, -0.1) is 0 Å². The van der Waals surface area contributed by atoms with Gasteiger partial charge < -0.3 is 5.73 Å². The Hall–Kier alpha value is -1.16. The fourth-order valence-corrected chi connectivity index (χ4v) is 3.10. The van der Waals surface area contributed by atoms with Crippen molar-refractivity contribution in [3.63, 3.8) is 0 Å². The molecule has 1 aliphatic carbocycles. The van der Waals surface area contributed by atoms with Crippen LogP contribution in [0.25, 0.3) is 11.4 Å². The first-order chi connectivity index (χ1) is 9.63. The Labute approximate surface area is 128 Å². The molecule has 0 bridgehead atoms. The van der Waals surface area contributed by atoms with Gasteiger partial charge in [0.15, 0.2) is 5.82 Å². The van der Waals surface area contributed by atoms with Gasteiger partial charge in [-0.1, -0.05) is 29.6 Å². The third-order valence-corrected chi connectivity index (χ3v) is 4.04. The van der Waals surface area contributed by atoms with Gasteiger partial charge >= 0.3 is 0 Å². The first kappa shape index (κ1) is 13.8. The molecular formula is C15H15Cl2N3. The van der Waals surface area contributed by atoms with Crippen molar-refractivity contribution in [3.8, 4) is 11.4 Å². The molecule has 0 amide bonds. The summed E-state index contributed by atoms with van der Waals surface area (Å²) < 4.78 is 0. The third kappa shape index (κ3) is 2.80. The molecule has 0 saturated heterocycles. The second-order valence-corrected chi connectivity index (χ2v) is 5.98. The lowest BCUT2D eigenvalue weighted by atomic mass is 10.1. The van der Waals surface area contributed by atoms with Crippen molar-refractivity contribution in [2.24, 2.45) is 5.73 Å². The summed E-state index contributed by atoms with van der Waals surface area (Å²) in [5.41, 5.74) is 9.12. The molecule has 0 fully saturated rings. The molecule has 1 atom stereocenters. The Balaban J connectivity index is 2.05. The molecule has 1 aliphatic rings. The fourth-order valence-electron chi connectivity index (χ4n) is 2.57. The van der Waals surface area contributed by atoms with Crippen LogP contribution < -0.4 is 5.73 Å². The van der Waals surface area contributed by atoms with Crippen molar-refractivity contribution in [1.29, 1.82) is 0 Å². The van der Waals surface area contributed by atoms with Crippen molar-refractivity contribution in [2.45, 2.75) is 31.7 Å². The molecule has 3 nitrogen and oxygen atoms in total. The van der Waals surface area contributed by atoms with E-state index in [1.165, 1.54) is 0 Å². The zero-order chi connectivity index (χ0) is 14.1. The number of nitrogens with two attached hydrogens (primary N) is 1. The maximum atomic E-state index is 6.16. The number of hydrogen-bond acceptors (Lipinski definition) is 3. The highest BCUT2D eigenvalue weighted by Gasteiger charge is 2.18. The van der Waals surface area contributed by atoms with Crippen molar-refractivity contribution in [2.75, 3.05) is 0 Å². The monoisotopic (exact) mass is 307 g/mol. The van der Waals surface area contributed by atoms with Gasteiger partial charge in [0, 0.05) is 39.1 Å². The third-order valence-electron chi connectivity index (χ3n) is 3.60. The smallest absolute Gasteiger partial charge is 0.159 e. The maximum Gasteiger partial charge on any atom is 0.159 e. The minimum absolute atomic E-state index is 0.0458. The molecule has 104 valence electrons. The number of aromatic nitrogens is 2. The molecule has 3 rings (SSSR count). The van der Waals surface area contributed by atoms with E-state index in [9.17, 15) is 0 Å². The van der Waals surface area contributed by atoms with E-state index in [0.29, 0.717) is 15.9 Å². The van der Waals surface area contributed by atoms with Crippen LogP contribution in [0.4, 0.5) is 0 Å². The zero-order valence-electron chi connectivity index (χ0n) is 10.9. The summed E-state index contributed by atoms with van der Waals surface area (Å²) >= 11 is 12.1. The lowest BCUT2D eigenvalue weighted by Gasteiger charge is -2.12. The van der Waals surface area contributed by atoms with Crippen LogP contribution in [0.1, 0.15) is 36.6 Å². The van der Waals surface area contributed by atoms with Gasteiger partial charge in [-0.3, -0.25) is 0 Å². The Morgan fingerprint density at radius 3 is 2.60 bits per heavy atom. The van der Waals surface area contributed by atoms with Gasteiger partial charge in [-0.2, -0.15) is 0 Å². The minimum Gasteiger partial charge on any atom is -0.324 e. The molecule has 0 spiro atoms. The second-order valence-electron chi connectivity index (χ2n) is 5.11. The van der Waals surface area contributed by atoms with E-state index < -0.39 is 0 Å². The predicted octanol–water partition coefficient (Wildman–Crippen LogP) is 4.18. The van der Waals surface area contributed by atoms with E-state index in [0.717, 1.165) is 42.5 Å². The number of fused-ring (bicyclic) bond motifs is 1. The standard InChI is InChI=1S/C15H15Cl2N3/c16-10-5-9(6-11(17)7-10)15-19-8-12-13(18)3-1-2-4-14(12)20-15/h5-8,13H,1-4,18H2. The molecule has 1 heterocycles. The Kier molecular flexibility index (Phi) is 3.92. The quantitative estimate of drug-likeness (QED) is 0.804. The number of aryl methyl sites for hydroxylation is 1. The van der Waals surface area contributed by atoms with Crippen molar-refractivity contribution >= 4 is 23.2 Å². The first-order valence-corrected chi connectivity index (χ1v) is 7.47. The van der Waals surface area contributed by atoms with Crippen LogP contribution in [0.5, 0.6) is 0 Å². The van der Waals surface area contributed by atoms with Crippen LogP contribution in [0, 0.1) is 0 Å². The molecule has 2 N–H and O–H groups in total. The van der Waals surface area contributed by atoms with Gasteiger partial charge in [-0.25, -0.2) is 9.97 Å². The van der Waals surface area contributed by atoms with Crippen LogP contribution >= 0.6 is 23.2 Å². The van der Waals surface area contributed by atoms with Gasteiger partial charge in [0.2, 0.25) is 0 Å². The summed E-state index contributed by atoms with van der Waals surface area (Å²) in [5, 5.41) is 1.17. The minimum atomic E-state index is 0.0458. The number of nitrogens with zero attached hydrogens (tertiary/aromatic N) is 2. The van der Waals surface area contributed by atoms with Crippen molar-refractivity contribution in [1.82, 2.24) is 9.97 Å². The largest absolute Gasteiger partial charge is 0.324 e. The summed E-state index contributed by atoms with van der Waals surface area (Å²) in [4.78, 5) is 9.10. The molecule has 0 saturated carbocycles. The normalized spacial score (nSPS) is 18.4. The molecule has 1 unspecified atom stereocenters. The summed E-state index contributed by atoms with van der Waals surface area (Å²) in [6, 6.07) is 5.40. The van der Waals surface area contributed by atoms with E-state index in [1.54, 1.807) is 6.07 Å². The predicted molar refractivity (Wildman–Crippen MR) is 82.0 cm³/mol. The molecule has 5 heteroatoms.